The van der Waals surface area contributed by atoms with Crippen LogP contribution < -0.4 is 4.90 Å². The van der Waals surface area contributed by atoms with Crippen molar-refractivity contribution in [3.8, 4) is 0 Å². The van der Waals surface area contributed by atoms with Crippen LogP contribution in [0.25, 0.3) is 16.8 Å². The lowest BCUT2D eigenvalue weighted by molar-refractivity contribution is -0.923. The van der Waals surface area contributed by atoms with E-state index in [2.05, 4.69) is 80.9 Å². The van der Waals surface area contributed by atoms with Gasteiger partial charge in [-0.3, -0.25) is 4.99 Å². The molecule has 0 N–H and O–H groups in total. The molecule has 0 heterocycles. The average molecular weight is 535 g/mol. The van der Waals surface area contributed by atoms with Crippen LogP contribution >= 0.6 is 0 Å². The van der Waals surface area contributed by atoms with Crippen LogP contribution in [-0.4, -0.2) is 56.5 Å². The maximum Gasteiger partial charge on any atom is 0.126 e. The molecule has 0 radical (unpaired) electrons. The Bertz CT molecular complexity index is 1090. The average Bonchev–Trinajstić information content (AvgIpc) is 2.98. The molecule has 4 heteroatoms. The summed E-state index contributed by atoms with van der Waals surface area (Å²) < 4.78 is 15.7. The van der Waals surface area contributed by atoms with Gasteiger partial charge in [0.25, 0.3) is 0 Å². The van der Waals surface area contributed by atoms with E-state index in [9.17, 15) is 4.39 Å². The van der Waals surface area contributed by atoms with Gasteiger partial charge in [-0.1, -0.05) is 63.1 Å². The number of benzene rings is 2. The van der Waals surface area contributed by atoms with Gasteiger partial charge in [-0.15, -0.1) is 0 Å². The highest BCUT2D eigenvalue weighted by Gasteiger charge is 2.19. The first kappa shape index (κ1) is 32.5. The Balaban J connectivity index is 2.12. The number of anilines is 1. The van der Waals surface area contributed by atoms with Gasteiger partial charge in [0.2, 0.25) is 0 Å². The summed E-state index contributed by atoms with van der Waals surface area (Å²) in [6.45, 7) is 20.6. The van der Waals surface area contributed by atoms with E-state index >= 15 is 0 Å². The highest BCUT2D eigenvalue weighted by atomic mass is 19.1. The van der Waals surface area contributed by atoms with E-state index in [0.29, 0.717) is 5.57 Å². The molecule has 0 unspecified atom stereocenters. The monoisotopic (exact) mass is 534 g/mol. The molecule has 0 saturated heterocycles. The molecule has 0 aliphatic carbocycles. The fourth-order valence-corrected chi connectivity index (χ4v) is 5.04. The van der Waals surface area contributed by atoms with E-state index in [0.717, 1.165) is 62.3 Å². The Hall–Kier alpha value is -2.72. The number of hydrogen-bond donors (Lipinski definition) is 0. The van der Waals surface area contributed by atoms with Gasteiger partial charge in [0.05, 0.1) is 26.2 Å². The maximum atomic E-state index is 14.6. The number of rotatable bonds is 18. The number of nitrogens with zero attached hydrogens (tertiary/aromatic N) is 3. The molecular formula is C35H53FN3+. The molecule has 2 aromatic rings. The number of fused-ring (bicyclic) bond motifs is 1. The summed E-state index contributed by atoms with van der Waals surface area (Å²) in [6, 6.07) is 13.2. The Morgan fingerprint density at radius 2 is 1.51 bits per heavy atom. The molecule has 3 nitrogen and oxygen atoms in total. The minimum absolute atomic E-state index is 0.235. The quantitative estimate of drug-likeness (QED) is 0.0805. The van der Waals surface area contributed by atoms with Crippen LogP contribution in [0.1, 0.15) is 79.2 Å². The standard InChI is InChI=1S/C35H53FN3/c1-7-13-25-38(26-14-8-2)34-21-20-32-28-30(17-19-33(32)29-34)16-18-31(35(36)9-3)22-24-37-23-15-27-39(10-4,11-5)12-6/h9,16-22,24,28-29H,7-8,10-15,23,25-27H2,1-6H3/q+1/b18-16+,31-22-,35-9+,37-24+. The van der Waals surface area contributed by atoms with Gasteiger partial charge >= 0.3 is 0 Å². The van der Waals surface area contributed by atoms with E-state index in [1.807, 2.05) is 12.2 Å². The van der Waals surface area contributed by atoms with Gasteiger partial charge in [-0.2, -0.15) is 0 Å². The summed E-state index contributed by atoms with van der Waals surface area (Å²) in [5.41, 5.74) is 2.90. The molecule has 0 spiro atoms. The number of halogens is 1. The minimum Gasteiger partial charge on any atom is -0.372 e. The number of allylic oxidation sites excluding steroid dienone is 5. The summed E-state index contributed by atoms with van der Waals surface area (Å²) >= 11 is 0. The first-order valence-electron chi connectivity index (χ1n) is 15.3. The number of aliphatic imine (C=N–C) groups is 1. The van der Waals surface area contributed by atoms with Crippen LogP contribution in [0, 0.1) is 0 Å². The molecular weight excluding hydrogens is 481 g/mol. The maximum absolute atomic E-state index is 14.6. The Morgan fingerprint density at radius 1 is 0.872 bits per heavy atom. The van der Waals surface area contributed by atoms with E-state index in [4.69, 9.17) is 0 Å². The van der Waals surface area contributed by atoms with Crippen LogP contribution in [0.2, 0.25) is 0 Å². The first-order valence-corrected chi connectivity index (χ1v) is 15.3. The van der Waals surface area contributed by atoms with Crippen LogP contribution in [0.5, 0.6) is 0 Å². The Kier molecular flexibility index (Phi) is 14.8. The molecule has 0 saturated carbocycles. The van der Waals surface area contributed by atoms with Crippen molar-refractivity contribution < 1.29 is 8.87 Å². The molecule has 0 bridgehead atoms. The predicted molar refractivity (Wildman–Crippen MR) is 173 cm³/mol. The first-order chi connectivity index (χ1) is 18.9. The van der Waals surface area contributed by atoms with Crippen molar-refractivity contribution in [1.29, 1.82) is 0 Å². The fraction of sp³-hybridized carbons (Fsp3) is 0.514. The molecule has 2 aromatic carbocycles. The summed E-state index contributed by atoms with van der Waals surface area (Å²) in [6.07, 6.45) is 14.8. The van der Waals surface area contributed by atoms with Crippen molar-refractivity contribution >= 4 is 28.8 Å². The summed E-state index contributed by atoms with van der Waals surface area (Å²) in [5.74, 6) is -0.235. The molecule has 0 aliphatic heterocycles. The second kappa shape index (κ2) is 17.8. The van der Waals surface area contributed by atoms with Crippen LogP contribution in [-0.2, 0) is 0 Å². The van der Waals surface area contributed by atoms with Gasteiger partial charge < -0.3 is 9.38 Å². The fourth-order valence-electron chi connectivity index (χ4n) is 5.04. The van der Waals surface area contributed by atoms with Gasteiger partial charge in [0, 0.05) is 43.5 Å². The zero-order valence-corrected chi connectivity index (χ0v) is 25.6. The van der Waals surface area contributed by atoms with Crippen molar-refractivity contribution in [2.24, 2.45) is 4.99 Å². The molecule has 0 amide bonds. The zero-order chi connectivity index (χ0) is 28.5. The number of hydrogen-bond acceptors (Lipinski definition) is 2. The Morgan fingerprint density at radius 3 is 2.13 bits per heavy atom. The Labute approximate surface area is 238 Å². The van der Waals surface area contributed by atoms with Crippen LogP contribution in [0.15, 0.2) is 71.0 Å². The van der Waals surface area contributed by atoms with Crippen molar-refractivity contribution in [1.82, 2.24) is 0 Å². The van der Waals surface area contributed by atoms with E-state index in [-0.39, 0.29) is 5.83 Å². The lowest BCUT2D eigenvalue weighted by Crippen LogP contribution is -2.48. The third-order valence-electron chi connectivity index (χ3n) is 8.05. The lowest BCUT2D eigenvalue weighted by atomic mass is 10.0. The molecule has 0 fully saturated rings. The molecule has 2 rings (SSSR count). The second-order valence-corrected chi connectivity index (χ2v) is 10.5. The molecule has 0 aromatic heterocycles. The predicted octanol–water partition coefficient (Wildman–Crippen LogP) is 9.40. The van der Waals surface area contributed by atoms with E-state index < -0.39 is 0 Å². The van der Waals surface area contributed by atoms with Crippen molar-refractivity contribution in [2.75, 3.05) is 50.7 Å². The summed E-state index contributed by atoms with van der Waals surface area (Å²) in [4.78, 5) is 7.07. The molecule has 0 atom stereocenters. The van der Waals surface area contributed by atoms with Gasteiger partial charge in [0.15, 0.2) is 0 Å². The number of quaternary nitrogens is 1. The van der Waals surface area contributed by atoms with Gasteiger partial charge in [-0.25, -0.2) is 4.39 Å². The van der Waals surface area contributed by atoms with E-state index in [1.165, 1.54) is 48.2 Å². The third-order valence-corrected chi connectivity index (χ3v) is 8.05. The zero-order valence-electron chi connectivity index (χ0n) is 25.6. The van der Waals surface area contributed by atoms with Crippen LogP contribution in [0.4, 0.5) is 10.1 Å². The minimum atomic E-state index is -0.235. The normalized spacial score (nSPS) is 13.3. The van der Waals surface area contributed by atoms with Crippen LogP contribution in [0.3, 0.4) is 0 Å². The number of unbranched alkanes of at least 4 members (excludes halogenated alkanes) is 2. The van der Waals surface area contributed by atoms with Crippen molar-refractivity contribution in [3.63, 3.8) is 0 Å². The molecule has 0 aliphatic rings. The van der Waals surface area contributed by atoms with Crippen molar-refractivity contribution in [2.45, 2.75) is 73.6 Å². The molecule has 214 valence electrons. The molecule has 39 heavy (non-hydrogen) atoms. The summed E-state index contributed by atoms with van der Waals surface area (Å²) in [5, 5.41) is 2.44. The second-order valence-electron chi connectivity index (χ2n) is 10.5. The van der Waals surface area contributed by atoms with E-state index in [1.54, 1.807) is 19.2 Å². The summed E-state index contributed by atoms with van der Waals surface area (Å²) in [7, 11) is 0. The highest BCUT2D eigenvalue weighted by molar-refractivity contribution is 5.88. The SMILES string of the molecule is C\C=C(F)/C(=C\C=N\CCC[N+](CC)(CC)CC)/C=C/c1ccc2cc(N(CCCC)CCCC)ccc2c1. The largest absolute Gasteiger partial charge is 0.372 e. The van der Waals surface area contributed by atoms with Crippen molar-refractivity contribution in [3.05, 3.63) is 71.6 Å². The highest BCUT2D eigenvalue weighted by Crippen LogP contribution is 2.25. The third kappa shape index (κ3) is 10.4. The van der Waals surface area contributed by atoms with Gasteiger partial charge in [-0.05, 0) is 81.1 Å². The lowest BCUT2D eigenvalue weighted by Gasteiger charge is -2.35. The smallest absolute Gasteiger partial charge is 0.126 e. The van der Waals surface area contributed by atoms with Gasteiger partial charge in [0.1, 0.15) is 5.83 Å². The topological polar surface area (TPSA) is 15.6 Å².